The third-order valence-electron chi connectivity index (χ3n) is 3.21. The van der Waals surface area contributed by atoms with E-state index in [0.717, 1.165) is 27.3 Å². The van der Waals surface area contributed by atoms with Crippen LogP contribution in [0.25, 0.3) is 0 Å². The Morgan fingerprint density at radius 3 is 2.29 bits per heavy atom. The highest BCUT2D eigenvalue weighted by Gasteiger charge is 2.14. The molecule has 0 fully saturated rings. The maximum Gasteiger partial charge on any atom is 0.173 e. The molecule has 0 atom stereocenters. The van der Waals surface area contributed by atoms with Crippen LogP contribution in [0.3, 0.4) is 0 Å². The Hall–Kier alpha value is -1.74. The van der Waals surface area contributed by atoms with Gasteiger partial charge < -0.3 is 4.74 Å². The number of carbonyl (C=O) groups excluding carboxylic acids is 1. The molecule has 0 bridgehead atoms. The Bertz CT molecular complexity index is 597. The summed E-state index contributed by atoms with van der Waals surface area (Å²) in [4.78, 5) is 13.6. The van der Waals surface area contributed by atoms with Crippen LogP contribution in [0.2, 0.25) is 0 Å². The lowest BCUT2D eigenvalue weighted by atomic mass is 9.99. The normalized spacial score (nSPS) is 10.4. The minimum Gasteiger partial charge on any atom is -0.494 e. The van der Waals surface area contributed by atoms with Crippen LogP contribution < -0.4 is 4.74 Å². The molecule has 3 heteroatoms. The van der Waals surface area contributed by atoms with Crippen LogP contribution in [0.5, 0.6) is 5.75 Å². The van der Waals surface area contributed by atoms with Gasteiger partial charge in [-0.25, -0.2) is 0 Å². The predicted octanol–water partition coefficient (Wildman–Crippen LogP) is 4.68. The Balaban J connectivity index is 2.12. The highest BCUT2D eigenvalue weighted by Crippen LogP contribution is 2.25. The first-order chi connectivity index (χ1) is 10.1. The quantitative estimate of drug-likeness (QED) is 0.572. The number of hydrogen-bond acceptors (Lipinski definition) is 3. The summed E-state index contributed by atoms with van der Waals surface area (Å²) >= 11 is 1.57. The number of ketones is 1. The number of Topliss-reactive ketones (excluding diaryl/α,β-unsaturated/α-hetero) is 1. The topological polar surface area (TPSA) is 26.3 Å². The Labute approximate surface area is 130 Å². The van der Waals surface area contributed by atoms with E-state index in [1.165, 1.54) is 0 Å². The van der Waals surface area contributed by atoms with Crippen LogP contribution in [0, 0.1) is 13.8 Å². The third-order valence-corrected chi connectivity index (χ3v) is 4.22. The van der Waals surface area contributed by atoms with Crippen LogP contribution >= 0.6 is 11.8 Å². The van der Waals surface area contributed by atoms with E-state index in [-0.39, 0.29) is 5.78 Å². The first kappa shape index (κ1) is 15.6. The van der Waals surface area contributed by atoms with Gasteiger partial charge in [0.15, 0.2) is 5.78 Å². The summed E-state index contributed by atoms with van der Waals surface area (Å²) < 4.78 is 5.52. The molecule has 0 aromatic heterocycles. The number of rotatable bonds is 6. The van der Waals surface area contributed by atoms with Crippen molar-refractivity contribution in [2.24, 2.45) is 0 Å². The molecular formula is C18H20O2S. The molecule has 0 N–H and O–H groups in total. The minimum atomic E-state index is 0.168. The fraction of sp³-hybridized carbons (Fsp3) is 0.278. The first-order valence-corrected chi connectivity index (χ1v) is 8.05. The molecule has 21 heavy (non-hydrogen) atoms. The Kier molecular flexibility index (Phi) is 5.45. The summed E-state index contributed by atoms with van der Waals surface area (Å²) in [6.45, 7) is 6.53. The van der Waals surface area contributed by atoms with Crippen molar-refractivity contribution in [1.29, 1.82) is 0 Å². The van der Waals surface area contributed by atoms with Gasteiger partial charge in [-0.3, -0.25) is 4.79 Å². The molecule has 2 rings (SSSR count). The van der Waals surface area contributed by atoms with Crippen LogP contribution in [0.4, 0.5) is 0 Å². The first-order valence-electron chi connectivity index (χ1n) is 7.07. The molecule has 0 heterocycles. The van der Waals surface area contributed by atoms with E-state index in [1.54, 1.807) is 11.8 Å². The van der Waals surface area contributed by atoms with E-state index in [2.05, 4.69) is 0 Å². The van der Waals surface area contributed by atoms with Gasteiger partial charge in [0.25, 0.3) is 0 Å². The molecule has 0 saturated heterocycles. The van der Waals surface area contributed by atoms with Crippen molar-refractivity contribution < 1.29 is 9.53 Å². The monoisotopic (exact) mass is 300 g/mol. The van der Waals surface area contributed by atoms with Crippen molar-refractivity contribution in [3.8, 4) is 5.75 Å². The summed E-state index contributed by atoms with van der Waals surface area (Å²) in [6, 6.07) is 13.9. The van der Waals surface area contributed by atoms with E-state index in [1.807, 2.05) is 63.2 Å². The highest BCUT2D eigenvalue weighted by molar-refractivity contribution is 8.00. The highest BCUT2D eigenvalue weighted by atomic mass is 32.2. The van der Waals surface area contributed by atoms with E-state index in [4.69, 9.17) is 4.74 Å². The fourth-order valence-corrected chi connectivity index (χ4v) is 3.14. The summed E-state index contributed by atoms with van der Waals surface area (Å²) in [5, 5.41) is 0. The fourth-order valence-electron chi connectivity index (χ4n) is 2.35. The molecular weight excluding hydrogens is 280 g/mol. The van der Waals surface area contributed by atoms with Gasteiger partial charge in [0.05, 0.1) is 12.4 Å². The average molecular weight is 300 g/mol. The van der Waals surface area contributed by atoms with Crippen LogP contribution in [-0.4, -0.2) is 18.1 Å². The molecule has 0 unspecified atom stereocenters. The molecule has 2 aromatic carbocycles. The van der Waals surface area contributed by atoms with Gasteiger partial charge in [-0.15, -0.1) is 11.8 Å². The van der Waals surface area contributed by atoms with Crippen molar-refractivity contribution in [3.63, 3.8) is 0 Å². The Morgan fingerprint density at radius 2 is 1.71 bits per heavy atom. The van der Waals surface area contributed by atoms with Crippen LogP contribution in [0.15, 0.2) is 47.4 Å². The van der Waals surface area contributed by atoms with Gasteiger partial charge in [0, 0.05) is 10.5 Å². The molecule has 2 nitrogen and oxygen atoms in total. The maximum atomic E-state index is 12.5. The number of benzene rings is 2. The van der Waals surface area contributed by atoms with Crippen molar-refractivity contribution in [1.82, 2.24) is 0 Å². The summed E-state index contributed by atoms with van der Waals surface area (Å²) in [5.74, 6) is 1.46. The molecule has 0 spiro atoms. The van der Waals surface area contributed by atoms with E-state index in [9.17, 15) is 4.79 Å². The van der Waals surface area contributed by atoms with Crippen LogP contribution in [0.1, 0.15) is 28.4 Å². The number of thioether (sulfide) groups is 1. The SMILES string of the molecule is CCOc1cc(C)c(C(=O)CSc2ccccc2)c(C)c1. The lowest BCUT2D eigenvalue weighted by molar-refractivity contribution is 0.102. The molecule has 0 aliphatic heterocycles. The zero-order valence-electron chi connectivity index (χ0n) is 12.7. The third kappa shape index (κ3) is 4.11. The summed E-state index contributed by atoms with van der Waals surface area (Å²) in [7, 11) is 0. The zero-order valence-corrected chi connectivity index (χ0v) is 13.5. The van der Waals surface area contributed by atoms with Gasteiger partial charge in [-0.05, 0) is 56.2 Å². The molecule has 0 aliphatic carbocycles. The van der Waals surface area contributed by atoms with Crippen molar-refractivity contribution in [2.75, 3.05) is 12.4 Å². The second kappa shape index (κ2) is 7.32. The molecule has 110 valence electrons. The molecule has 0 radical (unpaired) electrons. The second-order valence-corrected chi connectivity index (χ2v) is 5.94. The maximum absolute atomic E-state index is 12.5. The lowest BCUT2D eigenvalue weighted by Gasteiger charge is -2.12. The minimum absolute atomic E-state index is 0.168. The van der Waals surface area contributed by atoms with Gasteiger partial charge in [-0.1, -0.05) is 18.2 Å². The molecule has 2 aromatic rings. The number of ether oxygens (including phenoxy) is 1. The number of aryl methyl sites for hydroxylation is 2. The molecule has 0 amide bonds. The van der Waals surface area contributed by atoms with E-state index >= 15 is 0 Å². The van der Waals surface area contributed by atoms with Gasteiger partial charge in [0.1, 0.15) is 5.75 Å². The lowest BCUT2D eigenvalue weighted by Crippen LogP contribution is -2.08. The molecule has 0 aliphatic rings. The average Bonchev–Trinajstić information content (AvgIpc) is 2.46. The van der Waals surface area contributed by atoms with Gasteiger partial charge in [0.2, 0.25) is 0 Å². The predicted molar refractivity (Wildman–Crippen MR) is 88.6 cm³/mol. The summed E-state index contributed by atoms with van der Waals surface area (Å²) in [6.07, 6.45) is 0. The van der Waals surface area contributed by atoms with Crippen LogP contribution in [-0.2, 0) is 0 Å². The van der Waals surface area contributed by atoms with Crippen molar-refractivity contribution in [3.05, 3.63) is 59.2 Å². The van der Waals surface area contributed by atoms with Gasteiger partial charge >= 0.3 is 0 Å². The largest absolute Gasteiger partial charge is 0.494 e. The second-order valence-electron chi connectivity index (χ2n) is 4.89. The smallest absolute Gasteiger partial charge is 0.173 e. The van der Waals surface area contributed by atoms with E-state index in [0.29, 0.717) is 12.4 Å². The standard InChI is InChI=1S/C18H20O2S/c1-4-20-15-10-13(2)18(14(3)11-15)17(19)12-21-16-8-6-5-7-9-16/h5-11H,4,12H2,1-3H3. The number of carbonyl (C=O) groups is 1. The molecule has 0 saturated carbocycles. The van der Waals surface area contributed by atoms with Crippen molar-refractivity contribution in [2.45, 2.75) is 25.7 Å². The van der Waals surface area contributed by atoms with Crippen molar-refractivity contribution >= 4 is 17.5 Å². The van der Waals surface area contributed by atoms with E-state index < -0.39 is 0 Å². The Morgan fingerprint density at radius 1 is 1.10 bits per heavy atom. The number of hydrogen-bond donors (Lipinski definition) is 0. The summed E-state index contributed by atoms with van der Waals surface area (Å²) in [5.41, 5.74) is 2.79. The zero-order chi connectivity index (χ0) is 15.2. The van der Waals surface area contributed by atoms with Gasteiger partial charge in [-0.2, -0.15) is 0 Å².